The fourth-order valence-electron chi connectivity index (χ4n) is 2.57. The van der Waals surface area contributed by atoms with Crippen LogP contribution in [0.25, 0.3) is 4.96 Å². The maximum atomic E-state index is 11.4. The van der Waals surface area contributed by atoms with Crippen molar-refractivity contribution in [3.05, 3.63) is 43.6 Å². The topological polar surface area (TPSA) is 63.7 Å². The SMILES string of the molecule is O=[N+]([O-])c1c(N2CCc3sccc3C2)nc2sccn12. The first-order valence-electron chi connectivity index (χ1n) is 6.14. The van der Waals surface area contributed by atoms with Gasteiger partial charge in [0, 0.05) is 23.3 Å². The lowest BCUT2D eigenvalue weighted by Gasteiger charge is -2.26. The first-order valence-corrected chi connectivity index (χ1v) is 7.90. The Balaban J connectivity index is 1.81. The standard InChI is InChI=1S/C12H10N4O2S2/c17-16(18)11-10(13-12-15(11)4-6-20-12)14-3-1-9-8(7-14)2-5-19-9/h2,4-6H,1,3,7H2. The van der Waals surface area contributed by atoms with Gasteiger partial charge in [-0.25, -0.2) is 0 Å². The van der Waals surface area contributed by atoms with E-state index in [4.69, 9.17) is 0 Å². The Hall–Kier alpha value is -1.93. The van der Waals surface area contributed by atoms with Crippen molar-refractivity contribution in [1.29, 1.82) is 0 Å². The van der Waals surface area contributed by atoms with Crippen LogP contribution in [-0.2, 0) is 13.0 Å². The Morgan fingerprint density at radius 2 is 2.25 bits per heavy atom. The lowest BCUT2D eigenvalue weighted by molar-refractivity contribution is -0.389. The van der Waals surface area contributed by atoms with E-state index in [1.807, 2.05) is 10.3 Å². The average molecular weight is 306 g/mol. The molecule has 0 fully saturated rings. The zero-order chi connectivity index (χ0) is 13.7. The summed E-state index contributed by atoms with van der Waals surface area (Å²) >= 11 is 3.17. The third kappa shape index (κ3) is 1.65. The number of imidazole rings is 1. The normalized spacial score (nSPS) is 14.7. The summed E-state index contributed by atoms with van der Waals surface area (Å²) in [5.41, 5.74) is 1.26. The monoisotopic (exact) mass is 306 g/mol. The van der Waals surface area contributed by atoms with Crippen molar-refractivity contribution in [2.45, 2.75) is 13.0 Å². The van der Waals surface area contributed by atoms with E-state index in [2.05, 4.69) is 16.4 Å². The van der Waals surface area contributed by atoms with E-state index in [0.717, 1.165) is 13.0 Å². The van der Waals surface area contributed by atoms with Crippen LogP contribution in [0.3, 0.4) is 0 Å². The summed E-state index contributed by atoms with van der Waals surface area (Å²) in [5, 5.41) is 15.2. The third-order valence-electron chi connectivity index (χ3n) is 3.50. The van der Waals surface area contributed by atoms with E-state index in [-0.39, 0.29) is 10.7 Å². The van der Waals surface area contributed by atoms with Crippen molar-refractivity contribution in [3.63, 3.8) is 0 Å². The van der Waals surface area contributed by atoms with Crippen LogP contribution in [0.2, 0.25) is 0 Å². The summed E-state index contributed by atoms with van der Waals surface area (Å²) in [6.07, 6.45) is 2.63. The second kappa shape index (κ2) is 4.29. The molecule has 0 N–H and O–H groups in total. The number of nitro groups is 1. The van der Waals surface area contributed by atoms with E-state index in [0.29, 0.717) is 17.3 Å². The molecule has 3 aromatic heterocycles. The molecule has 4 heterocycles. The molecule has 0 radical (unpaired) electrons. The molecule has 6 nitrogen and oxygen atoms in total. The van der Waals surface area contributed by atoms with Crippen LogP contribution < -0.4 is 4.90 Å². The fraction of sp³-hybridized carbons (Fsp3) is 0.250. The molecule has 0 aliphatic carbocycles. The van der Waals surface area contributed by atoms with Gasteiger partial charge in [-0.3, -0.25) is 0 Å². The highest BCUT2D eigenvalue weighted by Gasteiger charge is 2.30. The van der Waals surface area contributed by atoms with E-state index in [9.17, 15) is 10.1 Å². The molecule has 8 heteroatoms. The average Bonchev–Trinajstić information content (AvgIpc) is 3.11. The van der Waals surface area contributed by atoms with Gasteiger partial charge >= 0.3 is 5.82 Å². The second-order valence-electron chi connectivity index (χ2n) is 4.61. The quantitative estimate of drug-likeness (QED) is 0.539. The number of anilines is 1. The molecule has 0 unspecified atom stereocenters. The minimum absolute atomic E-state index is 0.0694. The van der Waals surface area contributed by atoms with Crippen molar-refractivity contribution in [1.82, 2.24) is 9.38 Å². The lowest BCUT2D eigenvalue weighted by atomic mass is 10.1. The van der Waals surface area contributed by atoms with Crippen LogP contribution in [0, 0.1) is 10.1 Å². The summed E-state index contributed by atoms with van der Waals surface area (Å²) in [7, 11) is 0. The molecule has 1 aliphatic rings. The lowest BCUT2D eigenvalue weighted by Crippen LogP contribution is -2.30. The largest absolute Gasteiger partial charge is 0.373 e. The highest BCUT2D eigenvalue weighted by Crippen LogP contribution is 2.34. The highest BCUT2D eigenvalue weighted by atomic mass is 32.1. The molecule has 0 amide bonds. The maximum Gasteiger partial charge on any atom is 0.373 e. The summed E-state index contributed by atoms with van der Waals surface area (Å²) in [6.45, 7) is 1.48. The van der Waals surface area contributed by atoms with Crippen LogP contribution in [-0.4, -0.2) is 20.9 Å². The summed E-state index contributed by atoms with van der Waals surface area (Å²) in [6, 6.07) is 2.09. The first-order chi connectivity index (χ1) is 9.74. The van der Waals surface area contributed by atoms with Gasteiger partial charge in [0.1, 0.15) is 6.20 Å². The molecular weight excluding hydrogens is 296 g/mol. The van der Waals surface area contributed by atoms with E-state index >= 15 is 0 Å². The van der Waals surface area contributed by atoms with Gasteiger partial charge in [-0.15, -0.1) is 11.3 Å². The Bertz CT molecular complexity index is 803. The zero-order valence-electron chi connectivity index (χ0n) is 10.4. The molecule has 0 atom stereocenters. The number of aromatic nitrogens is 2. The van der Waals surface area contributed by atoms with Crippen LogP contribution in [0.4, 0.5) is 11.6 Å². The zero-order valence-corrected chi connectivity index (χ0v) is 12.0. The highest BCUT2D eigenvalue weighted by molar-refractivity contribution is 7.15. The van der Waals surface area contributed by atoms with Crippen LogP contribution in [0.15, 0.2) is 23.0 Å². The number of hydrogen-bond donors (Lipinski definition) is 0. The maximum absolute atomic E-state index is 11.4. The van der Waals surface area contributed by atoms with Crippen molar-refractivity contribution >= 4 is 39.3 Å². The van der Waals surface area contributed by atoms with Crippen molar-refractivity contribution in [2.24, 2.45) is 0 Å². The number of nitrogens with zero attached hydrogens (tertiary/aromatic N) is 4. The molecule has 0 spiro atoms. The smallest absolute Gasteiger partial charge is 0.358 e. The Labute approximate surface area is 122 Å². The summed E-state index contributed by atoms with van der Waals surface area (Å²) in [5.74, 6) is 0.554. The van der Waals surface area contributed by atoms with Gasteiger partial charge in [-0.2, -0.15) is 9.38 Å². The Morgan fingerprint density at radius 1 is 1.35 bits per heavy atom. The molecule has 4 rings (SSSR count). The van der Waals surface area contributed by atoms with E-state index in [1.165, 1.54) is 21.8 Å². The van der Waals surface area contributed by atoms with E-state index < -0.39 is 0 Å². The summed E-state index contributed by atoms with van der Waals surface area (Å²) < 4.78 is 1.56. The molecular formula is C12H10N4O2S2. The minimum atomic E-state index is -0.342. The Morgan fingerprint density at radius 3 is 3.10 bits per heavy atom. The van der Waals surface area contributed by atoms with Gasteiger partial charge in [-0.05, 0) is 28.4 Å². The van der Waals surface area contributed by atoms with Gasteiger partial charge in [-0.1, -0.05) is 11.3 Å². The number of fused-ring (bicyclic) bond motifs is 2. The van der Waals surface area contributed by atoms with E-state index in [1.54, 1.807) is 21.9 Å². The molecule has 0 bridgehead atoms. The van der Waals surface area contributed by atoms with Crippen molar-refractivity contribution in [2.75, 3.05) is 11.4 Å². The summed E-state index contributed by atoms with van der Waals surface area (Å²) in [4.78, 5) is 19.5. The number of rotatable bonds is 2. The van der Waals surface area contributed by atoms with Crippen molar-refractivity contribution in [3.8, 4) is 0 Å². The molecule has 102 valence electrons. The molecule has 1 aliphatic heterocycles. The van der Waals surface area contributed by atoms with Gasteiger partial charge in [0.05, 0.1) is 0 Å². The van der Waals surface area contributed by atoms with Gasteiger partial charge in [0.15, 0.2) is 0 Å². The Kier molecular flexibility index (Phi) is 2.54. The predicted molar refractivity (Wildman–Crippen MR) is 78.8 cm³/mol. The number of hydrogen-bond acceptors (Lipinski definition) is 6. The first kappa shape index (κ1) is 11.9. The third-order valence-corrected chi connectivity index (χ3v) is 5.28. The number of thiophene rings is 1. The van der Waals surface area contributed by atoms with Gasteiger partial charge in [0.25, 0.3) is 4.96 Å². The molecule has 3 aromatic rings. The molecule has 0 saturated carbocycles. The van der Waals surface area contributed by atoms with Gasteiger partial charge < -0.3 is 15.0 Å². The molecule has 20 heavy (non-hydrogen) atoms. The second-order valence-corrected chi connectivity index (χ2v) is 6.49. The van der Waals surface area contributed by atoms with Crippen LogP contribution in [0.1, 0.15) is 10.4 Å². The van der Waals surface area contributed by atoms with Crippen LogP contribution >= 0.6 is 22.7 Å². The fourth-order valence-corrected chi connectivity index (χ4v) is 4.17. The predicted octanol–water partition coefficient (Wildman–Crippen LogP) is 2.93. The van der Waals surface area contributed by atoms with Crippen molar-refractivity contribution < 1.29 is 4.92 Å². The molecule has 0 saturated heterocycles. The minimum Gasteiger partial charge on any atom is -0.358 e. The molecule has 0 aromatic carbocycles. The van der Waals surface area contributed by atoms with Gasteiger partial charge in [0.2, 0.25) is 5.82 Å². The van der Waals surface area contributed by atoms with Crippen LogP contribution in [0.5, 0.6) is 0 Å². The number of thiazole rings is 1.